The maximum absolute atomic E-state index is 12.1. The summed E-state index contributed by atoms with van der Waals surface area (Å²) in [5.74, 6) is 0.0266. The fraction of sp³-hybridized carbons (Fsp3) is 0.467. The topological polar surface area (TPSA) is 70.2 Å². The van der Waals surface area contributed by atoms with Gasteiger partial charge in [-0.3, -0.25) is 9.59 Å². The van der Waals surface area contributed by atoms with Crippen molar-refractivity contribution in [2.75, 3.05) is 23.7 Å². The molecule has 1 aliphatic heterocycles. The highest BCUT2D eigenvalue weighted by Crippen LogP contribution is 2.18. The lowest BCUT2D eigenvalue weighted by Gasteiger charge is -2.22. The lowest BCUT2D eigenvalue weighted by Crippen LogP contribution is -2.37. The van der Waals surface area contributed by atoms with Crippen LogP contribution >= 0.6 is 0 Å². The fourth-order valence-electron chi connectivity index (χ4n) is 2.24. The van der Waals surface area contributed by atoms with E-state index in [0.717, 1.165) is 31.6 Å². The van der Waals surface area contributed by atoms with Crippen molar-refractivity contribution in [3.8, 4) is 0 Å². The molecule has 1 atom stereocenters. The van der Waals surface area contributed by atoms with Crippen LogP contribution in [-0.2, 0) is 9.59 Å². The summed E-state index contributed by atoms with van der Waals surface area (Å²) in [5, 5.41) is 8.92. The SMILES string of the molecule is CCC(=O)Nc1cccc(NC(=O)[C@H]2CCCNC2)c1. The van der Waals surface area contributed by atoms with Gasteiger partial charge in [-0.2, -0.15) is 0 Å². The summed E-state index contributed by atoms with van der Waals surface area (Å²) in [7, 11) is 0. The molecule has 108 valence electrons. The van der Waals surface area contributed by atoms with Crippen molar-refractivity contribution < 1.29 is 9.59 Å². The molecule has 0 radical (unpaired) electrons. The van der Waals surface area contributed by atoms with Crippen LogP contribution in [0.4, 0.5) is 11.4 Å². The standard InChI is InChI=1S/C15H21N3O2/c1-2-14(19)17-12-6-3-7-13(9-12)18-15(20)11-5-4-8-16-10-11/h3,6-7,9,11,16H,2,4-5,8,10H2,1H3,(H,17,19)(H,18,20)/t11-/m0/s1. The van der Waals surface area contributed by atoms with Crippen molar-refractivity contribution in [1.29, 1.82) is 0 Å². The van der Waals surface area contributed by atoms with Gasteiger partial charge < -0.3 is 16.0 Å². The number of benzene rings is 1. The van der Waals surface area contributed by atoms with Crippen LogP contribution in [0, 0.1) is 5.92 Å². The number of carbonyl (C=O) groups excluding carboxylic acids is 2. The van der Waals surface area contributed by atoms with Crippen molar-refractivity contribution in [3.63, 3.8) is 0 Å². The second kappa shape index (κ2) is 7.05. The van der Waals surface area contributed by atoms with Gasteiger partial charge in [0.1, 0.15) is 0 Å². The van der Waals surface area contributed by atoms with E-state index >= 15 is 0 Å². The molecule has 1 aromatic rings. The zero-order valence-electron chi connectivity index (χ0n) is 11.7. The average Bonchev–Trinajstić information content (AvgIpc) is 2.48. The second-order valence-electron chi connectivity index (χ2n) is 5.02. The Morgan fingerprint density at radius 2 is 2.05 bits per heavy atom. The van der Waals surface area contributed by atoms with Crippen LogP contribution < -0.4 is 16.0 Å². The van der Waals surface area contributed by atoms with Gasteiger partial charge in [0, 0.05) is 24.3 Å². The lowest BCUT2D eigenvalue weighted by atomic mass is 9.99. The van der Waals surface area contributed by atoms with Gasteiger partial charge in [0.05, 0.1) is 5.92 Å². The Morgan fingerprint density at radius 3 is 2.70 bits per heavy atom. The van der Waals surface area contributed by atoms with Gasteiger partial charge in [0.2, 0.25) is 11.8 Å². The molecule has 0 aromatic heterocycles. The molecule has 0 bridgehead atoms. The molecule has 3 N–H and O–H groups in total. The van der Waals surface area contributed by atoms with Crippen LogP contribution in [0.1, 0.15) is 26.2 Å². The molecule has 0 unspecified atom stereocenters. The summed E-state index contributed by atoms with van der Waals surface area (Å²) in [6, 6.07) is 7.24. The molecule has 0 saturated carbocycles. The van der Waals surface area contributed by atoms with Crippen molar-refractivity contribution >= 4 is 23.2 Å². The van der Waals surface area contributed by atoms with Crippen LogP contribution in [0.25, 0.3) is 0 Å². The van der Waals surface area contributed by atoms with E-state index < -0.39 is 0 Å². The van der Waals surface area contributed by atoms with E-state index in [1.807, 2.05) is 18.2 Å². The smallest absolute Gasteiger partial charge is 0.228 e. The summed E-state index contributed by atoms with van der Waals surface area (Å²) in [6.45, 7) is 3.53. The highest BCUT2D eigenvalue weighted by Gasteiger charge is 2.20. The summed E-state index contributed by atoms with van der Waals surface area (Å²) < 4.78 is 0. The second-order valence-corrected chi connectivity index (χ2v) is 5.02. The molecular formula is C15H21N3O2. The third kappa shape index (κ3) is 4.06. The van der Waals surface area contributed by atoms with E-state index in [1.54, 1.807) is 13.0 Å². The Labute approximate surface area is 119 Å². The number of rotatable bonds is 4. The largest absolute Gasteiger partial charge is 0.326 e. The highest BCUT2D eigenvalue weighted by molar-refractivity contribution is 5.95. The van der Waals surface area contributed by atoms with Crippen molar-refractivity contribution in [2.24, 2.45) is 5.92 Å². The Kier molecular flexibility index (Phi) is 5.12. The van der Waals surface area contributed by atoms with Crippen LogP contribution in [0.3, 0.4) is 0 Å². The first kappa shape index (κ1) is 14.5. The van der Waals surface area contributed by atoms with Gasteiger partial charge in [0.15, 0.2) is 0 Å². The molecule has 1 fully saturated rings. The zero-order chi connectivity index (χ0) is 14.4. The minimum absolute atomic E-state index is 0.0256. The minimum atomic E-state index is -0.0371. The van der Waals surface area contributed by atoms with E-state index in [2.05, 4.69) is 16.0 Å². The maximum atomic E-state index is 12.1. The first-order valence-electron chi connectivity index (χ1n) is 7.10. The summed E-state index contributed by atoms with van der Waals surface area (Å²) in [6.07, 6.45) is 2.39. The number of amides is 2. The molecule has 0 spiro atoms. The molecule has 1 aromatic carbocycles. The Bertz CT molecular complexity index is 482. The zero-order valence-corrected chi connectivity index (χ0v) is 11.7. The number of hydrogen-bond donors (Lipinski definition) is 3. The summed E-state index contributed by atoms with van der Waals surface area (Å²) in [4.78, 5) is 23.5. The van der Waals surface area contributed by atoms with E-state index in [9.17, 15) is 9.59 Å². The molecule has 5 heteroatoms. The number of anilines is 2. The van der Waals surface area contributed by atoms with E-state index in [1.165, 1.54) is 0 Å². The van der Waals surface area contributed by atoms with E-state index in [0.29, 0.717) is 12.1 Å². The first-order valence-corrected chi connectivity index (χ1v) is 7.10. The van der Waals surface area contributed by atoms with E-state index in [-0.39, 0.29) is 17.7 Å². The van der Waals surface area contributed by atoms with Crippen LogP contribution in [-0.4, -0.2) is 24.9 Å². The first-order chi connectivity index (χ1) is 9.69. The van der Waals surface area contributed by atoms with Gasteiger partial charge in [-0.25, -0.2) is 0 Å². The van der Waals surface area contributed by atoms with Crippen molar-refractivity contribution in [3.05, 3.63) is 24.3 Å². The fourth-order valence-corrected chi connectivity index (χ4v) is 2.24. The van der Waals surface area contributed by atoms with Gasteiger partial charge in [-0.05, 0) is 37.6 Å². The molecule has 5 nitrogen and oxygen atoms in total. The van der Waals surface area contributed by atoms with Gasteiger partial charge >= 0.3 is 0 Å². The molecule has 1 aliphatic rings. The lowest BCUT2D eigenvalue weighted by molar-refractivity contribution is -0.120. The van der Waals surface area contributed by atoms with Gasteiger partial charge in [0.25, 0.3) is 0 Å². The Balaban J connectivity index is 1.96. The number of piperidine rings is 1. The third-order valence-corrected chi connectivity index (χ3v) is 3.40. The predicted octanol–water partition coefficient (Wildman–Crippen LogP) is 1.97. The Morgan fingerprint density at radius 1 is 1.30 bits per heavy atom. The monoisotopic (exact) mass is 275 g/mol. The van der Waals surface area contributed by atoms with Gasteiger partial charge in [-0.15, -0.1) is 0 Å². The molecular weight excluding hydrogens is 254 g/mol. The molecule has 2 amide bonds. The number of nitrogens with one attached hydrogen (secondary N) is 3. The van der Waals surface area contributed by atoms with Crippen LogP contribution in [0.15, 0.2) is 24.3 Å². The number of hydrogen-bond acceptors (Lipinski definition) is 3. The quantitative estimate of drug-likeness (QED) is 0.787. The maximum Gasteiger partial charge on any atom is 0.228 e. The van der Waals surface area contributed by atoms with Crippen LogP contribution in [0.2, 0.25) is 0 Å². The molecule has 20 heavy (non-hydrogen) atoms. The van der Waals surface area contributed by atoms with Crippen LogP contribution in [0.5, 0.6) is 0 Å². The third-order valence-electron chi connectivity index (χ3n) is 3.40. The van der Waals surface area contributed by atoms with Crippen molar-refractivity contribution in [2.45, 2.75) is 26.2 Å². The van der Waals surface area contributed by atoms with E-state index in [4.69, 9.17) is 0 Å². The average molecular weight is 275 g/mol. The van der Waals surface area contributed by atoms with Crippen molar-refractivity contribution in [1.82, 2.24) is 5.32 Å². The molecule has 0 aliphatic carbocycles. The summed E-state index contributed by atoms with van der Waals surface area (Å²) >= 11 is 0. The normalized spacial score (nSPS) is 18.4. The number of carbonyl (C=O) groups is 2. The predicted molar refractivity (Wildman–Crippen MR) is 79.6 cm³/mol. The highest BCUT2D eigenvalue weighted by atomic mass is 16.2. The van der Waals surface area contributed by atoms with Gasteiger partial charge in [-0.1, -0.05) is 13.0 Å². The Hall–Kier alpha value is -1.88. The summed E-state index contributed by atoms with van der Waals surface area (Å²) in [5.41, 5.74) is 1.42. The minimum Gasteiger partial charge on any atom is -0.326 e. The molecule has 1 saturated heterocycles. The molecule has 2 rings (SSSR count). The molecule has 1 heterocycles.